The van der Waals surface area contributed by atoms with E-state index in [4.69, 9.17) is 20.8 Å². The lowest BCUT2D eigenvalue weighted by molar-refractivity contribution is -0.385. The van der Waals surface area contributed by atoms with Gasteiger partial charge in [-0.05, 0) is 49.4 Å². The van der Waals surface area contributed by atoms with Crippen LogP contribution in [0.1, 0.15) is 21.8 Å². The van der Waals surface area contributed by atoms with Gasteiger partial charge >= 0.3 is 5.69 Å². The van der Waals surface area contributed by atoms with E-state index in [0.29, 0.717) is 22.0 Å². The van der Waals surface area contributed by atoms with Gasteiger partial charge in [0.1, 0.15) is 5.76 Å². The van der Waals surface area contributed by atoms with Crippen LogP contribution in [0, 0.1) is 17.0 Å². The summed E-state index contributed by atoms with van der Waals surface area (Å²) in [5.41, 5.74) is 0.880. The summed E-state index contributed by atoms with van der Waals surface area (Å²) in [6, 6.07) is 16.2. The highest BCUT2D eigenvalue weighted by Gasteiger charge is 2.25. The van der Waals surface area contributed by atoms with E-state index < -0.39 is 10.8 Å². The number of nitro benzene ring substituents is 1. The van der Waals surface area contributed by atoms with E-state index in [9.17, 15) is 14.9 Å². The molecule has 0 bridgehead atoms. The molecule has 0 atom stereocenters. The molecule has 2 aromatic carbocycles. The molecule has 1 N–H and O–H groups in total. The van der Waals surface area contributed by atoms with Crippen LogP contribution in [-0.4, -0.2) is 20.6 Å². The van der Waals surface area contributed by atoms with Gasteiger partial charge in [0.25, 0.3) is 5.91 Å². The van der Waals surface area contributed by atoms with E-state index in [0.717, 1.165) is 0 Å². The lowest BCUT2D eigenvalue weighted by atomic mass is 10.2. The van der Waals surface area contributed by atoms with Crippen LogP contribution in [0.3, 0.4) is 0 Å². The van der Waals surface area contributed by atoms with Crippen LogP contribution in [-0.2, 0) is 6.54 Å². The fourth-order valence-electron chi connectivity index (χ4n) is 3.04. The third kappa shape index (κ3) is 4.33. The van der Waals surface area contributed by atoms with E-state index >= 15 is 0 Å². The molecule has 10 heteroatoms. The monoisotopic (exact) mass is 452 g/mol. The minimum Gasteiger partial charge on any atom is -0.467 e. The van der Waals surface area contributed by atoms with Gasteiger partial charge in [-0.3, -0.25) is 14.9 Å². The van der Waals surface area contributed by atoms with Gasteiger partial charge in [-0.1, -0.05) is 23.7 Å². The number of nitrogens with zero attached hydrogens (tertiary/aromatic N) is 3. The number of carbonyl (C=O) groups excluding carboxylic acids is 1. The van der Waals surface area contributed by atoms with Gasteiger partial charge in [0, 0.05) is 16.7 Å². The number of para-hydroxylation sites is 2. The van der Waals surface area contributed by atoms with Crippen LogP contribution >= 0.6 is 11.6 Å². The van der Waals surface area contributed by atoms with Crippen molar-refractivity contribution in [3.8, 4) is 17.3 Å². The van der Waals surface area contributed by atoms with Crippen molar-refractivity contribution < 1.29 is 18.9 Å². The average Bonchev–Trinajstić information content (AvgIpc) is 3.42. The van der Waals surface area contributed by atoms with E-state index in [1.807, 2.05) is 0 Å². The zero-order valence-corrected chi connectivity index (χ0v) is 17.6. The highest BCUT2D eigenvalue weighted by molar-refractivity contribution is 6.30. The Morgan fingerprint density at radius 2 is 1.94 bits per heavy atom. The maximum Gasteiger partial charge on any atom is 0.311 e. The standard InChI is InChI=1S/C22H17ClN4O5/c1-14-20(21(28)24-13-17-5-4-12-31-17)25-26(16-10-8-15(23)9-11-16)22(14)32-19-7-3-2-6-18(19)27(29)30/h2-12H,13H2,1H3,(H,24,28). The van der Waals surface area contributed by atoms with Gasteiger partial charge in [0.2, 0.25) is 11.6 Å². The minimum absolute atomic E-state index is 0.0262. The SMILES string of the molecule is Cc1c(C(=O)NCc2ccco2)nn(-c2ccc(Cl)cc2)c1Oc1ccccc1[N+](=O)[O-]. The third-order valence-electron chi connectivity index (χ3n) is 4.63. The summed E-state index contributed by atoms with van der Waals surface area (Å²) < 4.78 is 12.6. The third-order valence-corrected chi connectivity index (χ3v) is 4.88. The van der Waals surface area contributed by atoms with E-state index in [1.165, 1.54) is 23.1 Å². The first-order chi connectivity index (χ1) is 15.4. The Morgan fingerprint density at radius 3 is 2.62 bits per heavy atom. The van der Waals surface area contributed by atoms with E-state index in [-0.39, 0.29) is 29.6 Å². The van der Waals surface area contributed by atoms with Gasteiger partial charge < -0.3 is 14.5 Å². The van der Waals surface area contributed by atoms with Crippen molar-refractivity contribution in [2.75, 3.05) is 0 Å². The van der Waals surface area contributed by atoms with Crippen molar-refractivity contribution in [1.29, 1.82) is 0 Å². The van der Waals surface area contributed by atoms with Crippen LogP contribution in [0.5, 0.6) is 11.6 Å². The number of nitro groups is 1. The Kier molecular flexibility index (Phi) is 5.91. The van der Waals surface area contributed by atoms with Gasteiger partial charge in [-0.25, -0.2) is 0 Å². The van der Waals surface area contributed by atoms with E-state index in [2.05, 4.69) is 10.4 Å². The molecule has 0 aliphatic carbocycles. The predicted octanol–water partition coefficient (Wildman–Crippen LogP) is 5.06. The first-order valence-electron chi connectivity index (χ1n) is 9.51. The van der Waals surface area contributed by atoms with Crippen molar-refractivity contribution in [2.45, 2.75) is 13.5 Å². The molecule has 0 saturated heterocycles. The number of halogens is 1. The molecule has 2 aromatic heterocycles. The largest absolute Gasteiger partial charge is 0.467 e. The number of aromatic nitrogens is 2. The molecule has 0 radical (unpaired) electrons. The minimum atomic E-state index is -0.537. The Hall–Kier alpha value is -4.11. The molecule has 0 spiro atoms. The summed E-state index contributed by atoms with van der Waals surface area (Å²) in [6.45, 7) is 1.84. The maximum atomic E-state index is 12.8. The summed E-state index contributed by atoms with van der Waals surface area (Å²) >= 11 is 5.99. The van der Waals surface area contributed by atoms with Crippen molar-refractivity contribution in [2.24, 2.45) is 0 Å². The molecule has 0 aliphatic rings. The number of furan rings is 1. The zero-order valence-electron chi connectivity index (χ0n) is 16.8. The first-order valence-corrected chi connectivity index (χ1v) is 9.89. The number of amides is 1. The Bertz CT molecular complexity index is 1270. The summed E-state index contributed by atoms with van der Waals surface area (Å²) in [5, 5.41) is 19.1. The molecule has 1 amide bonds. The maximum absolute atomic E-state index is 12.8. The number of benzene rings is 2. The fourth-order valence-corrected chi connectivity index (χ4v) is 3.16. The summed E-state index contributed by atoms with van der Waals surface area (Å²) in [6.07, 6.45) is 1.51. The van der Waals surface area contributed by atoms with Crippen LogP contribution < -0.4 is 10.1 Å². The molecule has 162 valence electrons. The number of rotatable bonds is 7. The van der Waals surface area contributed by atoms with Gasteiger partial charge in [0.15, 0.2) is 5.69 Å². The van der Waals surface area contributed by atoms with Crippen molar-refractivity contribution >= 4 is 23.2 Å². The highest BCUT2D eigenvalue weighted by atomic mass is 35.5. The fraction of sp³-hybridized carbons (Fsp3) is 0.0909. The molecule has 4 rings (SSSR count). The average molecular weight is 453 g/mol. The van der Waals surface area contributed by atoms with Crippen LogP contribution in [0.25, 0.3) is 5.69 Å². The molecule has 0 saturated carbocycles. The second-order valence-corrected chi connectivity index (χ2v) is 7.19. The van der Waals surface area contributed by atoms with Crippen molar-refractivity contribution in [3.63, 3.8) is 0 Å². The lowest BCUT2D eigenvalue weighted by Crippen LogP contribution is -2.23. The second kappa shape index (κ2) is 8.94. The van der Waals surface area contributed by atoms with Crippen LogP contribution in [0.2, 0.25) is 5.02 Å². The van der Waals surface area contributed by atoms with Gasteiger partial charge in [0.05, 0.1) is 23.4 Å². The molecular formula is C22H17ClN4O5. The van der Waals surface area contributed by atoms with Crippen molar-refractivity contribution in [3.05, 3.63) is 99.1 Å². The smallest absolute Gasteiger partial charge is 0.311 e. The molecule has 2 heterocycles. The number of ether oxygens (including phenoxy) is 1. The van der Waals surface area contributed by atoms with Crippen LogP contribution in [0.4, 0.5) is 5.69 Å². The number of hydrogen-bond donors (Lipinski definition) is 1. The normalized spacial score (nSPS) is 10.7. The topological polar surface area (TPSA) is 112 Å². The Morgan fingerprint density at radius 1 is 1.19 bits per heavy atom. The number of carbonyl (C=O) groups is 1. The van der Waals surface area contributed by atoms with Crippen molar-refractivity contribution in [1.82, 2.24) is 15.1 Å². The Balaban J connectivity index is 1.74. The van der Waals surface area contributed by atoms with E-state index in [1.54, 1.807) is 55.5 Å². The molecular weight excluding hydrogens is 436 g/mol. The van der Waals surface area contributed by atoms with Gasteiger partial charge in [-0.15, -0.1) is 0 Å². The zero-order chi connectivity index (χ0) is 22.7. The number of hydrogen-bond acceptors (Lipinski definition) is 6. The molecule has 0 fully saturated rings. The molecule has 0 unspecified atom stereocenters. The Labute approximate surface area is 187 Å². The lowest BCUT2D eigenvalue weighted by Gasteiger charge is -2.10. The molecule has 32 heavy (non-hydrogen) atoms. The predicted molar refractivity (Wildman–Crippen MR) is 116 cm³/mol. The number of nitrogens with one attached hydrogen (secondary N) is 1. The van der Waals surface area contributed by atoms with Crippen LogP contribution in [0.15, 0.2) is 71.3 Å². The quantitative estimate of drug-likeness (QED) is 0.310. The summed E-state index contributed by atoms with van der Waals surface area (Å²) in [5.74, 6) is 0.339. The molecule has 4 aromatic rings. The molecule has 9 nitrogen and oxygen atoms in total. The summed E-state index contributed by atoms with van der Waals surface area (Å²) in [4.78, 5) is 23.7. The first kappa shape index (κ1) is 21.1. The second-order valence-electron chi connectivity index (χ2n) is 6.76. The van der Waals surface area contributed by atoms with Gasteiger partial charge in [-0.2, -0.15) is 9.78 Å². The molecule has 0 aliphatic heterocycles. The highest BCUT2D eigenvalue weighted by Crippen LogP contribution is 2.35. The summed E-state index contributed by atoms with van der Waals surface area (Å²) in [7, 11) is 0.